The van der Waals surface area contributed by atoms with E-state index < -0.39 is 0 Å². The summed E-state index contributed by atoms with van der Waals surface area (Å²) in [7, 11) is 4.42. The van der Waals surface area contributed by atoms with Crippen molar-refractivity contribution in [1.82, 2.24) is 14.7 Å². The van der Waals surface area contributed by atoms with Crippen LogP contribution >= 0.6 is 0 Å². The summed E-state index contributed by atoms with van der Waals surface area (Å²) in [5.41, 5.74) is 1.40. The smallest absolute Gasteiger partial charge is 0.0231 e. The summed E-state index contributed by atoms with van der Waals surface area (Å²) in [5, 5.41) is 0. The molecule has 0 saturated carbocycles. The molecule has 0 N–H and O–H groups in total. The maximum absolute atomic E-state index is 2.57. The second-order valence-electron chi connectivity index (χ2n) is 5.37. The average molecular weight is 247 g/mol. The minimum atomic E-state index is 1.05. The summed E-state index contributed by atoms with van der Waals surface area (Å²) in [6.45, 7) is 8.25. The van der Waals surface area contributed by atoms with Gasteiger partial charge in [-0.1, -0.05) is 30.3 Å². The first-order chi connectivity index (χ1) is 8.74. The van der Waals surface area contributed by atoms with Gasteiger partial charge in [-0.15, -0.1) is 0 Å². The topological polar surface area (TPSA) is 9.72 Å². The summed E-state index contributed by atoms with van der Waals surface area (Å²) in [5.74, 6) is 0. The lowest BCUT2D eigenvalue weighted by Gasteiger charge is -2.33. The Hall–Kier alpha value is -0.900. The van der Waals surface area contributed by atoms with Crippen molar-refractivity contribution >= 4 is 0 Å². The van der Waals surface area contributed by atoms with Crippen LogP contribution in [0.15, 0.2) is 30.3 Å². The average Bonchev–Trinajstić information content (AvgIpc) is 2.39. The van der Waals surface area contributed by atoms with Crippen LogP contribution in [0.1, 0.15) is 5.56 Å². The van der Waals surface area contributed by atoms with Crippen LogP contribution in [-0.4, -0.2) is 68.1 Å². The first kappa shape index (κ1) is 13.5. The van der Waals surface area contributed by atoms with E-state index in [1.165, 1.54) is 38.3 Å². The van der Waals surface area contributed by atoms with Gasteiger partial charge in [-0.3, -0.25) is 4.90 Å². The lowest BCUT2D eigenvalue weighted by molar-refractivity contribution is 0.139. The highest BCUT2D eigenvalue weighted by Crippen LogP contribution is 2.03. The van der Waals surface area contributed by atoms with Crippen molar-refractivity contribution in [2.24, 2.45) is 0 Å². The number of piperazine rings is 1. The van der Waals surface area contributed by atoms with Crippen LogP contribution in [0.25, 0.3) is 0 Å². The molecule has 1 aliphatic heterocycles. The first-order valence-corrected chi connectivity index (χ1v) is 6.87. The molecule has 0 amide bonds. The highest BCUT2D eigenvalue weighted by atomic mass is 15.3. The van der Waals surface area contributed by atoms with Crippen molar-refractivity contribution in [3.8, 4) is 0 Å². The van der Waals surface area contributed by atoms with Gasteiger partial charge in [0.15, 0.2) is 0 Å². The maximum atomic E-state index is 2.57. The molecule has 0 unspecified atom stereocenters. The number of benzene rings is 1. The highest BCUT2D eigenvalue weighted by molar-refractivity contribution is 5.14. The molecule has 3 heteroatoms. The zero-order valence-electron chi connectivity index (χ0n) is 11.7. The molecule has 0 aromatic heterocycles. The van der Waals surface area contributed by atoms with Crippen LogP contribution in [-0.2, 0) is 6.54 Å². The molecule has 0 radical (unpaired) electrons. The quantitative estimate of drug-likeness (QED) is 0.778. The van der Waals surface area contributed by atoms with Crippen LogP contribution in [0.4, 0.5) is 0 Å². The Morgan fingerprint density at radius 2 is 1.72 bits per heavy atom. The molecule has 1 saturated heterocycles. The molecule has 0 spiro atoms. The molecule has 0 bridgehead atoms. The Morgan fingerprint density at radius 1 is 1.06 bits per heavy atom. The van der Waals surface area contributed by atoms with Gasteiger partial charge in [-0.25, -0.2) is 0 Å². The third-order valence-corrected chi connectivity index (χ3v) is 3.69. The van der Waals surface area contributed by atoms with Crippen LogP contribution < -0.4 is 0 Å². The second kappa shape index (κ2) is 6.88. The van der Waals surface area contributed by atoms with Gasteiger partial charge >= 0.3 is 0 Å². The molecule has 1 heterocycles. The normalized spacial score (nSPS) is 18.4. The molecule has 3 nitrogen and oxygen atoms in total. The van der Waals surface area contributed by atoms with Crippen LogP contribution in [0.3, 0.4) is 0 Å². The van der Waals surface area contributed by atoms with Crippen molar-refractivity contribution in [3.05, 3.63) is 35.9 Å². The van der Waals surface area contributed by atoms with Gasteiger partial charge in [-0.05, 0) is 19.7 Å². The van der Waals surface area contributed by atoms with E-state index in [0.29, 0.717) is 0 Å². The van der Waals surface area contributed by atoms with E-state index in [4.69, 9.17) is 0 Å². The van der Waals surface area contributed by atoms with Gasteiger partial charge in [0.2, 0.25) is 0 Å². The minimum Gasteiger partial charge on any atom is -0.304 e. The molecule has 18 heavy (non-hydrogen) atoms. The summed E-state index contributed by atoms with van der Waals surface area (Å²) >= 11 is 0. The van der Waals surface area contributed by atoms with E-state index >= 15 is 0 Å². The Bertz CT molecular complexity index is 331. The van der Waals surface area contributed by atoms with Crippen molar-refractivity contribution in [2.75, 3.05) is 53.4 Å². The predicted octanol–water partition coefficient (Wildman–Crippen LogP) is 1.37. The van der Waals surface area contributed by atoms with Gasteiger partial charge in [0, 0.05) is 45.8 Å². The molecule has 1 fully saturated rings. The number of hydrogen-bond donors (Lipinski definition) is 0. The standard InChI is InChI=1S/C15H25N3/c1-16-8-11-18(12-9-16)13-10-17(2)14-15-6-4-3-5-7-15/h3-7H,8-14H2,1-2H3. The number of hydrogen-bond acceptors (Lipinski definition) is 3. The van der Waals surface area contributed by atoms with E-state index in [-0.39, 0.29) is 0 Å². The third-order valence-electron chi connectivity index (χ3n) is 3.69. The Kier molecular flexibility index (Phi) is 5.17. The molecular formula is C15H25N3. The van der Waals surface area contributed by atoms with Crippen molar-refractivity contribution in [2.45, 2.75) is 6.54 Å². The summed E-state index contributed by atoms with van der Waals surface area (Å²) < 4.78 is 0. The van der Waals surface area contributed by atoms with Gasteiger partial charge in [0.05, 0.1) is 0 Å². The lowest BCUT2D eigenvalue weighted by atomic mass is 10.2. The van der Waals surface area contributed by atoms with E-state index in [0.717, 1.165) is 13.1 Å². The lowest BCUT2D eigenvalue weighted by Crippen LogP contribution is -2.46. The molecule has 1 aliphatic rings. The number of likely N-dealkylation sites (N-methyl/N-ethyl adjacent to an activating group) is 2. The van der Waals surface area contributed by atoms with Crippen molar-refractivity contribution < 1.29 is 0 Å². The first-order valence-electron chi connectivity index (χ1n) is 6.87. The largest absolute Gasteiger partial charge is 0.304 e. The van der Waals surface area contributed by atoms with Crippen LogP contribution in [0, 0.1) is 0 Å². The molecule has 2 rings (SSSR count). The minimum absolute atomic E-state index is 1.05. The monoisotopic (exact) mass is 247 g/mol. The highest BCUT2D eigenvalue weighted by Gasteiger charge is 2.13. The summed E-state index contributed by atoms with van der Waals surface area (Å²) in [6.07, 6.45) is 0. The van der Waals surface area contributed by atoms with Crippen molar-refractivity contribution in [3.63, 3.8) is 0 Å². The van der Waals surface area contributed by atoms with Crippen LogP contribution in [0.5, 0.6) is 0 Å². The number of nitrogens with zero attached hydrogens (tertiary/aromatic N) is 3. The van der Waals surface area contributed by atoms with Crippen LogP contribution in [0.2, 0.25) is 0 Å². The zero-order valence-corrected chi connectivity index (χ0v) is 11.7. The molecule has 1 aromatic carbocycles. The Labute approximate surface area is 111 Å². The molecule has 100 valence electrons. The third kappa shape index (κ3) is 4.41. The van der Waals surface area contributed by atoms with Gasteiger partial charge in [0.25, 0.3) is 0 Å². The maximum Gasteiger partial charge on any atom is 0.0231 e. The molecular weight excluding hydrogens is 222 g/mol. The summed E-state index contributed by atoms with van der Waals surface area (Å²) in [4.78, 5) is 7.39. The second-order valence-corrected chi connectivity index (χ2v) is 5.37. The van der Waals surface area contributed by atoms with E-state index in [1.54, 1.807) is 0 Å². The van der Waals surface area contributed by atoms with Gasteiger partial charge in [0.1, 0.15) is 0 Å². The molecule has 0 atom stereocenters. The fraction of sp³-hybridized carbons (Fsp3) is 0.600. The molecule has 1 aromatic rings. The fourth-order valence-electron chi connectivity index (χ4n) is 2.36. The van der Waals surface area contributed by atoms with E-state index in [2.05, 4.69) is 59.1 Å². The Morgan fingerprint density at radius 3 is 2.39 bits per heavy atom. The predicted molar refractivity (Wildman–Crippen MR) is 76.7 cm³/mol. The SMILES string of the molecule is CN1CCN(CCN(C)Cc2ccccc2)CC1. The van der Waals surface area contributed by atoms with Crippen molar-refractivity contribution in [1.29, 1.82) is 0 Å². The zero-order chi connectivity index (χ0) is 12.8. The fourth-order valence-corrected chi connectivity index (χ4v) is 2.36. The molecule has 0 aliphatic carbocycles. The van der Waals surface area contributed by atoms with Gasteiger partial charge < -0.3 is 9.80 Å². The number of rotatable bonds is 5. The van der Waals surface area contributed by atoms with Gasteiger partial charge in [-0.2, -0.15) is 0 Å². The Balaban J connectivity index is 1.67. The summed E-state index contributed by atoms with van der Waals surface area (Å²) in [6, 6.07) is 10.7. The van der Waals surface area contributed by atoms with E-state index in [9.17, 15) is 0 Å². The van der Waals surface area contributed by atoms with E-state index in [1.807, 2.05) is 0 Å².